The number of hydrogen-bond donors (Lipinski definition) is 1. The summed E-state index contributed by atoms with van der Waals surface area (Å²) in [5, 5.41) is 0. The molecular weight excluding hydrogens is 234 g/mol. The summed E-state index contributed by atoms with van der Waals surface area (Å²) in [6, 6.07) is 13.7. The lowest BCUT2D eigenvalue weighted by Gasteiger charge is -2.07. The summed E-state index contributed by atoms with van der Waals surface area (Å²) in [7, 11) is 0. The van der Waals surface area contributed by atoms with Crippen LogP contribution in [0.25, 0.3) is 0 Å². The lowest BCUT2D eigenvalue weighted by molar-refractivity contribution is 0.0982. The van der Waals surface area contributed by atoms with Gasteiger partial charge in [0.2, 0.25) is 0 Å². The molecule has 0 radical (unpaired) electrons. The largest absolute Gasteiger partial charge is 0.399 e. The molecule has 0 bridgehead atoms. The van der Waals surface area contributed by atoms with Crippen molar-refractivity contribution < 1.29 is 4.79 Å². The molecule has 0 aliphatic rings. The van der Waals surface area contributed by atoms with Gasteiger partial charge in [-0.1, -0.05) is 29.8 Å². The van der Waals surface area contributed by atoms with Crippen LogP contribution in [0, 0.1) is 13.8 Å². The molecule has 2 heteroatoms. The fourth-order valence-electron chi connectivity index (χ4n) is 2.18. The Labute approximate surface area is 114 Å². The third-order valence-corrected chi connectivity index (χ3v) is 3.29. The second-order valence-electron chi connectivity index (χ2n) is 4.99. The Bertz CT molecular complexity index is 602. The lowest BCUT2D eigenvalue weighted by Crippen LogP contribution is -2.04. The van der Waals surface area contributed by atoms with Crippen LogP contribution in [0.5, 0.6) is 0 Å². The normalized spacial score (nSPS) is 10.4. The number of nitrogens with two attached hydrogens (primary N) is 1. The van der Waals surface area contributed by atoms with Gasteiger partial charge in [0.25, 0.3) is 0 Å². The Morgan fingerprint density at radius 1 is 1.11 bits per heavy atom. The van der Waals surface area contributed by atoms with Gasteiger partial charge in [-0.15, -0.1) is 0 Å². The molecule has 0 aliphatic carbocycles. The molecule has 2 N–H and O–H groups in total. The van der Waals surface area contributed by atoms with E-state index in [0.29, 0.717) is 6.42 Å². The van der Waals surface area contributed by atoms with Crippen LogP contribution in [0.1, 0.15) is 33.5 Å². The van der Waals surface area contributed by atoms with Crippen LogP contribution < -0.4 is 5.73 Å². The first kappa shape index (κ1) is 13.3. The maximum absolute atomic E-state index is 12.2. The zero-order valence-corrected chi connectivity index (χ0v) is 11.4. The number of hydrogen-bond acceptors (Lipinski definition) is 2. The quantitative estimate of drug-likeness (QED) is 0.667. The van der Waals surface area contributed by atoms with Crippen molar-refractivity contribution in [2.75, 3.05) is 5.73 Å². The molecule has 2 aromatic carbocycles. The molecule has 19 heavy (non-hydrogen) atoms. The van der Waals surface area contributed by atoms with E-state index in [-0.39, 0.29) is 5.78 Å². The number of anilines is 1. The average Bonchev–Trinajstić information content (AvgIpc) is 2.39. The summed E-state index contributed by atoms with van der Waals surface area (Å²) >= 11 is 0. The minimum Gasteiger partial charge on any atom is -0.399 e. The number of carbonyl (C=O) groups excluding carboxylic acids is 1. The van der Waals surface area contributed by atoms with Gasteiger partial charge in [0.1, 0.15) is 0 Å². The zero-order chi connectivity index (χ0) is 13.8. The van der Waals surface area contributed by atoms with E-state index >= 15 is 0 Å². The van der Waals surface area contributed by atoms with Crippen molar-refractivity contribution in [3.05, 3.63) is 64.7 Å². The van der Waals surface area contributed by atoms with E-state index in [1.54, 1.807) is 0 Å². The molecule has 2 rings (SSSR count). The van der Waals surface area contributed by atoms with Crippen molar-refractivity contribution in [3.8, 4) is 0 Å². The Hall–Kier alpha value is -2.09. The van der Waals surface area contributed by atoms with Gasteiger partial charge in [0.15, 0.2) is 5.78 Å². The van der Waals surface area contributed by atoms with Gasteiger partial charge in [-0.05, 0) is 49.6 Å². The maximum Gasteiger partial charge on any atom is 0.163 e. The van der Waals surface area contributed by atoms with Gasteiger partial charge in [-0.25, -0.2) is 0 Å². The number of benzene rings is 2. The molecule has 2 nitrogen and oxygen atoms in total. The molecule has 0 heterocycles. The van der Waals surface area contributed by atoms with Crippen molar-refractivity contribution in [3.63, 3.8) is 0 Å². The molecule has 0 aromatic heterocycles. The molecule has 0 amide bonds. The predicted octanol–water partition coefficient (Wildman–Crippen LogP) is 3.70. The van der Waals surface area contributed by atoms with Gasteiger partial charge in [-0.3, -0.25) is 4.79 Å². The lowest BCUT2D eigenvalue weighted by atomic mass is 9.97. The van der Waals surface area contributed by atoms with Crippen LogP contribution in [-0.2, 0) is 6.42 Å². The highest BCUT2D eigenvalue weighted by molar-refractivity contribution is 5.97. The van der Waals surface area contributed by atoms with E-state index in [1.807, 2.05) is 56.3 Å². The van der Waals surface area contributed by atoms with Gasteiger partial charge in [0, 0.05) is 17.7 Å². The average molecular weight is 253 g/mol. The monoisotopic (exact) mass is 253 g/mol. The van der Waals surface area contributed by atoms with Crippen molar-refractivity contribution in [1.82, 2.24) is 0 Å². The van der Waals surface area contributed by atoms with Crippen LogP contribution in [0.3, 0.4) is 0 Å². The first-order valence-electron chi connectivity index (χ1n) is 6.51. The fraction of sp³-hybridized carbons (Fsp3) is 0.235. The first-order valence-corrected chi connectivity index (χ1v) is 6.51. The zero-order valence-electron chi connectivity index (χ0n) is 11.4. The highest BCUT2D eigenvalue weighted by Crippen LogP contribution is 2.15. The molecule has 98 valence electrons. The molecule has 0 fully saturated rings. The Morgan fingerprint density at radius 3 is 2.63 bits per heavy atom. The standard InChI is InChI=1S/C17H19NO/c1-12-6-7-13(2)16(10-12)17(19)9-8-14-4-3-5-15(18)11-14/h3-7,10-11H,8-9,18H2,1-2H3. The fourth-order valence-corrected chi connectivity index (χ4v) is 2.18. The van der Waals surface area contributed by atoms with Crippen LogP contribution in [-0.4, -0.2) is 5.78 Å². The van der Waals surface area contributed by atoms with Crippen LogP contribution in [0.4, 0.5) is 5.69 Å². The third-order valence-electron chi connectivity index (χ3n) is 3.29. The van der Waals surface area contributed by atoms with E-state index in [9.17, 15) is 4.79 Å². The Kier molecular flexibility index (Phi) is 4.00. The van der Waals surface area contributed by atoms with Crippen molar-refractivity contribution in [2.24, 2.45) is 0 Å². The van der Waals surface area contributed by atoms with Crippen LogP contribution in [0.2, 0.25) is 0 Å². The number of aryl methyl sites for hydroxylation is 3. The molecule has 0 unspecified atom stereocenters. The highest BCUT2D eigenvalue weighted by Gasteiger charge is 2.09. The van der Waals surface area contributed by atoms with Crippen molar-refractivity contribution in [1.29, 1.82) is 0 Å². The molecule has 2 aromatic rings. The summed E-state index contributed by atoms with van der Waals surface area (Å²) < 4.78 is 0. The number of nitrogen functional groups attached to an aromatic ring is 1. The van der Waals surface area contributed by atoms with E-state index in [4.69, 9.17) is 5.73 Å². The van der Waals surface area contributed by atoms with E-state index in [1.165, 1.54) is 0 Å². The van der Waals surface area contributed by atoms with E-state index < -0.39 is 0 Å². The van der Waals surface area contributed by atoms with Crippen LogP contribution >= 0.6 is 0 Å². The third kappa shape index (κ3) is 3.44. The van der Waals surface area contributed by atoms with Crippen LogP contribution in [0.15, 0.2) is 42.5 Å². The minimum absolute atomic E-state index is 0.198. The van der Waals surface area contributed by atoms with Gasteiger partial charge in [0.05, 0.1) is 0 Å². The van der Waals surface area contributed by atoms with E-state index in [2.05, 4.69) is 0 Å². The van der Waals surface area contributed by atoms with Crippen molar-refractivity contribution in [2.45, 2.75) is 26.7 Å². The summed E-state index contributed by atoms with van der Waals surface area (Å²) in [5.41, 5.74) is 10.6. The molecule has 0 saturated carbocycles. The van der Waals surface area contributed by atoms with Crippen molar-refractivity contribution >= 4 is 11.5 Å². The maximum atomic E-state index is 12.2. The number of Topliss-reactive ketones (excluding diaryl/α,β-unsaturated/α-hetero) is 1. The van der Waals surface area contributed by atoms with Gasteiger partial charge in [-0.2, -0.15) is 0 Å². The second kappa shape index (κ2) is 5.70. The topological polar surface area (TPSA) is 43.1 Å². The first-order chi connectivity index (χ1) is 9.06. The summed E-state index contributed by atoms with van der Waals surface area (Å²) in [6.45, 7) is 3.99. The Balaban J connectivity index is 2.07. The molecule has 0 spiro atoms. The molecule has 0 atom stereocenters. The molecule has 0 aliphatic heterocycles. The number of rotatable bonds is 4. The second-order valence-corrected chi connectivity index (χ2v) is 4.99. The van der Waals surface area contributed by atoms with Gasteiger partial charge < -0.3 is 5.73 Å². The number of ketones is 1. The summed E-state index contributed by atoms with van der Waals surface area (Å²) in [4.78, 5) is 12.2. The summed E-state index contributed by atoms with van der Waals surface area (Å²) in [6.07, 6.45) is 1.25. The smallest absolute Gasteiger partial charge is 0.163 e. The predicted molar refractivity (Wildman–Crippen MR) is 79.4 cm³/mol. The minimum atomic E-state index is 0.198. The highest BCUT2D eigenvalue weighted by atomic mass is 16.1. The molecular formula is C17H19NO. The molecule has 0 saturated heterocycles. The number of carbonyl (C=O) groups is 1. The van der Waals surface area contributed by atoms with E-state index in [0.717, 1.165) is 34.4 Å². The summed E-state index contributed by atoms with van der Waals surface area (Å²) in [5.74, 6) is 0.198. The Morgan fingerprint density at radius 2 is 1.89 bits per heavy atom. The SMILES string of the molecule is Cc1ccc(C)c(C(=O)CCc2cccc(N)c2)c1. The van der Waals surface area contributed by atoms with Gasteiger partial charge >= 0.3 is 0 Å².